The highest BCUT2D eigenvalue weighted by Crippen LogP contribution is 2.26. The first-order chi connectivity index (χ1) is 14.1. The summed E-state index contributed by atoms with van der Waals surface area (Å²) in [7, 11) is 1.30. The predicted octanol–water partition coefficient (Wildman–Crippen LogP) is 4.80. The molecule has 0 aliphatic rings. The number of carbonyl (C=O) groups is 1. The second kappa shape index (κ2) is 8.25. The van der Waals surface area contributed by atoms with Crippen molar-refractivity contribution in [1.29, 1.82) is 0 Å². The van der Waals surface area contributed by atoms with E-state index in [1.165, 1.54) is 25.3 Å². The SMILES string of the molecule is COc1cc(F)c(CC(NC(=O)OC(C)(C)C)c2nc3ccc(F)cc3[nH]2)c(F)c1. The van der Waals surface area contributed by atoms with Crippen LogP contribution in [0.15, 0.2) is 30.3 Å². The number of alkyl carbamates (subject to hydrolysis) is 1. The van der Waals surface area contributed by atoms with Gasteiger partial charge in [0, 0.05) is 24.1 Å². The summed E-state index contributed by atoms with van der Waals surface area (Å²) in [5, 5.41) is 2.58. The number of H-pyrrole nitrogens is 1. The number of rotatable bonds is 5. The number of halogens is 3. The van der Waals surface area contributed by atoms with Gasteiger partial charge in [-0.05, 0) is 39.0 Å². The van der Waals surface area contributed by atoms with Crippen LogP contribution in [-0.2, 0) is 11.2 Å². The second-order valence-electron chi connectivity index (χ2n) is 7.76. The Labute approximate surface area is 171 Å². The number of aromatic nitrogens is 2. The normalized spacial score (nSPS) is 12.6. The summed E-state index contributed by atoms with van der Waals surface area (Å²) in [6, 6.07) is 5.09. The molecule has 0 radical (unpaired) electrons. The lowest BCUT2D eigenvalue weighted by molar-refractivity contribution is 0.0500. The van der Waals surface area contributed by atoms with Gasteiger partial charge in [0.25, 0.3) is 0 Å². The fourth-order valence-corrected chi connectivity index (χ4v) is 2.93. The van der Waals surface area contributed by atoms with E-state index in [-0.39, 0.29) is 23.6 Å². The second-order valence-corrected chi connectivity index (χ2v) is 7.76. The van der Waals surface area contributed by atoms with Crippen molar-refractivity contribution < 1.29 is 27.4 Å². The van der Waals surface area contributed by atoms with Crippen molar-refractivity contribution in [2.24, 2.45) is 0 Å². The molecule has 6 nitrogen and oxygen atoms in total. The van der Waals surface area contributed by atoms with E-state index >= 15 is 0 Å². The molecule has 2 N–H and O–H groups in total. The van der Waals surface area contributed by atoms with Crippen molar-refractivity contribution in [1.82, 2.24) is 15.3 Å². The van der Waals surface area contributed by atoms with Crippen LogP contribution in [0, 0.1) is 17.5 Å². The Bertz CT molecular complexity index is 1050. The molecule has 0 bridgehead atoms. The summed E-state index contributed by atoms with van der Waals surface area (Å²) >= 11 is 0. The van der Waals surface area contributed by atoms with Gasteiger partial charge in [-0.25, -0.2) is 22.9 Å². The Hall–Kier alpha value is -3.23. The summed E-state index contributed by atoms with van der Waals surface area (Å²) in [5.41, 5.74) is -0.208. The molecule has 0 aliphatic carbocycles. The molecule has 0 spiro atoms. The molecule has 160 valence electrons. The number of nitrogens with one attached hydrogen (secondary N) is 2. The van der Waals surface area contributed by atoms with Crippen LogP contribution in [0.1, 0.15) is 38.2 Å². The zero-order valence-corrected chi connectivity index (χ0v) is 17.0. The van der Waals surface area contributed by atoms with Crippen molar-refractivity contribution in [3.63, 3.8) is 0 Å². The van der Waals surface area contributed by atoms with Gasteiger partial charge in [-0.15, -0.1) is 0 Å². The number of fused-ring (bicyclic) bond motifs is 1. The molecule has 9 heteroatoms. The van der Waals surface area contributed by atoms with Gasteiger partial charge in [0.2, 0.25) is 0 Å². The fraction of sp³-hybridized carbons (Fsp3) is 0.333. The van der Waals surface area contributed by atoms with E-state index in [4.69, 9.17) is 9.47 Å². The van der Waals surface area contributed by atoms with Crippen LogP contribution in [0.5, 0.6) is 5.75 Å². The number of carbonyl (C=O) groups excluding carboxylic acids is 1. The molecule has 30 heavy (non-hydrogen) atoms. The first kappa shape index (κ1) is 21.5. The smallest absolute Gasteiger partial charge is 0.408 e. The molecule has 3 aromatic rings. The summed E-state index contributed by atoms with van der Waals surface area (Å²) in [6.07, 6.45) is -1.04. The number of benzene rings is 2. The quantitative estimate of drug-likeness (QED) is 0.621. The van der Waals surface area contributed by atoms with Crippen molar-refractivity contribution >= 4 is 17.1 Å². The molecular weight excluding hydrogens is 399 g/mol. The molecule has 1 unspecified atom stereocenters. The Balaban J connectivity index is 1.97. The highest BCUT2D eigenvalue weighted by molar-refractivity contribution is 5.75. The fourth-order valence-electron chi connectivity index (χ4n) is 2.93. The number of imidazole rings is 1. The highest BCUT2D eigenvalue weighted by atomic mass is 19.1. The molecule has 1 heterocycles. The zero-order chi connectivity index (χ0) is 22.1. The lowest BCUT2D eigenvalue weighted by Crippen LogP contribution is -2.36. The third-order valence-electron chi connectivity index (χ3n) is 4.24. The molecular formula is C21H22F3N3O3. The maximum atomic E-state index is 14.5. The van der Waals surface area contributed by atoms with E-state index in [2.05, 4.69) is 15.3 Å². The van der Waals surface area contributed by atoms with E-state index in [9.17, 15) is 18.0 Å². The van der Waals surface area contributed by atoms with Crippen molar-refractivity contribution in [3.8, 4) is 5.75 Å². The Morgan fingerprint density at radius 1 is 1.17 bits per heavy atom. The summed E-state index contributed by atoms with van der Waals surface area (Å²) in [4.78, 5) is 19.6. The van der Waals surface area contributed by atoms with Gasteiger partial charge in [-0.2, -0.15) is 0 Å². The van der Waals surface area contributed by atoms with Crippen LogP contribution in [0.4, 0.5) is 18.0 Å². The lowest BCUT2D eigenvalue weighted by atomic mass is 10.0. The van der Waals surface area contributed by atoms with Crippen LogP contribution < -0.4 is 10.1 Å². The molecule has 2 aromatic carbocycles. The minimum atomic E-state index is -0.965. The van der Waals surface area contributed by atoms with Crippen LogP contribution in [0.2, 0.25) is 0 Å². The number of ether oxygens (including phenoxy) is 2. The van der Waals surface area contributed by atoms with Crippen LogP contribution >= 0.6 is 0 Å². The average molecular weight is 421 g/mol. The number of amides is 1. The van der Waals surface area contributed by atoms with Gasteiger partial charge in [0.15, 0.2) is 0 Å². The molecule has 0 saturated carbocycles. The largest absolute Gasteiger partial charge is 0.497 e. The summed E-state index contributed by atoms with van der Waals surface area (Å²) in [6.45, 7) is 5.07. The van der Waals surface area contributed by atoms with E-state index in [1.54, 1.807) is 20.8 Å². The van der Waals surface area contributed by atoms with Gasteiger partial charge in [-0.1, -0.05) is 0 Å². The number of hydrogen-bond donors (Lipinski definition) is 2. The van der Waals surface area contributed by atoms with E-state index < -0.39 is 35.2 Å². The summed E-state index contributed by atoms with van der Waals surface area (Å²) < 4.78 is 52.6. The molecule has 3 rings (SSSR count). The van der Waals surface area contributed by atoms with E-state index in [0.717, 1.165) is 12.1 Å². The monoisotopic (exact) mass is 421 g/mol. The Morgan fingerprint density at radius 2 is 1.83 bits per heavy atom. The Kier molecular flexibility index (Phi) is 5.91. The topological polar surface area (TPSA) is 76.2 Å². The standard InChI is InChI=1S/C21H22F3N3O3/c1-21(2,3)30-20(28)27-18(10-13-14(23)8-12(29-4)9-15(13)24)19-25-16-6-5-11(22)7-17(16)26-19/h5-9,18H,10H2,1-4H3,(H,25,26)(H,27,28). The molecule has 1 amide bonds. The van der Waals surface area contributed by atoms with Gasteiger partial charge in [0.1, 0.15) is 34.6 Å². The van der Waals surface area contributed by atoms with Crippen molar-refractivity contribution in [3.05, 3.63) is 59.2 Å². The van der Waals surface area contributed by atoms with Gasteiger partial charge < -0.3 is 19.8 Å². The van der Waals surface area contributed by atoms with Gasteiger partial charge >= 0.3 is 6.09 Å². The molecule has 0 aliphatic heterocycles. The number of aromatic amines is 1. The van der Waals surface area contributed by atoms with Crippen LogP contribution in [0.3, 0.4) is 0 Å². The minimum absolute atomic E-state index is 0.0320. The molecule has 1 aromatic heterocycles. The molecule has 0 saturated heterocycles. The van der Waals surface area contributed by atoms with Crippen LogP contribution in [-0.4, -0.2) is 28.8 Å². The maximum Gasteiger partial charge on any atom is 0.408 e. The van der Waals surface area contributed by atoms with Crippen molar-refractivity contribution in [2.75, 3.05) is 7.11 Å². The minimum Gasteiger partial charge on any atom is -0.497 e. The molecule has 0 fully saturated rings. The number of hydrogen-bond acceptors (Lipinski definition) is 4. The lowest BCUT2D eigenvalue weighted by Gasteiger charge is -2.23. The first-order valence-corrected chi connectivity index (χ1v) is 9.22. The first-order valence-electron chi connectivity index (χ1n) is 9.22. The van der Waals surface area contributed by atoms with E-state index in [0.29, 0.717) is 11.0 Å². The van der Waals surface area contributed by atoms with Gasteiger partial charge in [-0.3, -0.25) is 0 Å². The molecule has 1 atom stereocenters. The third-order valence-corrected chi connectivity index (χ3v) is 4.24. The average Bonchev–Trinajstić information content (AvgIpc) is 3.04. The predicted molar refractivity (Wildman–Crippen MR) is 105 cm³/mol. The van der Waals surface area contributed by atoms with E-state index in [1.807, 2.05) is 0 Å². The van der Waals surface area contributed by atoms with Crippen LogP contribution in [0.25, 0.3) is 11.0 Å². The number of nitrogens with zero attached hydrogens (tertiary/aromatic N) is 1. The van der Waals surface area contributed by atoms with Gasteiger partial charge in [0.05, 0.1) is 24.2 Å². The highest BCUT2D eigenvalue weighted by Gasteiger charge is 2.26. The third kappa shape index (κ3) is 5.03. The maximum absolute atomic E-state index is 14.5. The zero-order valence-electron chi connectivity index (χ0n) is 17.0. The van der Waals surface area contributed by atoms with Crippen molar-refractivity contribution in [2.45, 2.75) is 38.8 Å². The Morgan fingerprint density at radius 3 is 2.43 bits per heavy atom. The number of methoxy groups -OCH3 is 1. The summed E-state index contributed by atoms with van der Waals surface area (Å²) in [5.74, 6) is -1.89.